The van der Waals surface area contributed by atoms with Gasteiger partial charge >= 0.3 is 0 Å². The number of hydrogen-bond donors (Lipinski definition) is 0. The fraction of sp³-hybridized carbons (Fsp3) is 0.444. The van der Waals surface area contributed by atoms with Crippen molar-refractivity contribution in [3.05, 3.63) is 65.1 Å². The van der Waals surface area contributed by atoms with Gasteiger partial charge in [-0.05, 0) is 63.9 Å². The predicted molar refractivity (Wildman–Crippen MR) is 127 cm³/mol. The summed E-state index contributed by atoms with van der Waals surface area (Å²) in [6.45, 7) is 9.71. The lowest BCUT2D eigenvalue weighted by Crippen LogP contribution is -2.39. The molecule has 0 amide bonds. The smallest absolute Gasteiger partial charge is 0.0654 e. The highest BCUT2D eigenvalue weighted by atomic mass is 28.3. The highest BCUT2D eigenvalue weighted by Gasteiger charge is 2.45. The van der Waals surface area contributed by atoms with Crippen molar-refractivity contribution in [2.75, 3.05) is 0 Å². The van der Waals surface area contributed by atoms with Crippen LogP contribution in [-0.2, 0) is 6.42 Å². The third-order valence-electron chi connectivity index (χ3n) is 6.80. The maximum absolute atomic E-state index is 2.56. The van der Waals surface area contributed by atoms with Crippen molar-refractivity contribution in [2.45, 2.75) is 78.3 Å². The van der Waals surface area contributed by atoms with Gasteiger partial charge in [-0.1, -0.05) is 94.6 Å². The molecular weight excluding hydrogens is 352 g/mol. The summed E-state index contributed by atoms with van der Waals surface area (Å²) >= 11 is 0. The van der Waals surface area contributed by atoms with E-state index < -0.39 is 8.07 Å². The normalized spacial score (nSPS) is 16.3. The fourth-order valence-electron chi connectivity index (χ4n) is 5.26. The summed E-state index contributed by atoms with van der Waals surface area (Å²) in [5, 5.41) is 3.40. The van der Waals surface area contributed by atoms with E-state index in [1.54, 1.807) is 27.1 Å². The molecule has 4 rings (SSSR count). The van der Waals surface area contributed by atoms with E-state index in [0.717, 1.165) is 0 Å². The Balaban J connectivity index is 1.66. The van der Waals surface area contributed by atoms with Gasteiger partial charge in [-0.25, -0.2) is 0 Å². The van der Waals surface area contributed by atoms with Crippen LogP contribution in [0.3, 0.4) is 0 Å². The molecule has 0 saturated heterocycles. The van der Waals surface area contributed by atoms with Crippen molar-refractivity contribution < 1.29 is 0 Å². The molecule has 2 aliphatic rings. The molecule has 0 N–H and O–H groups in total. The van der Waals surface area contributed by atoms with E-state index in [0.29, 0.717) is 0 Å². The first-order chi connectivity index (χ1) is 13.6. The molecule has 0 aromatic heterocycles. The van der Waals surface area contributed by atoms with Crippen LogP contribution in [0.25, 0.3) is 16.3 Å². The topological polar surface area (TPSA) is 0 Å². The summed E-state index contributed by atoms with van der Waals surface area (Å²) in [6, 6.07) is 14.4. The Morgan fingerprint density at radius 3 is 2.18 bits per heavy atom. The number of allylic oxidation sites excluding steroid dienone is 1. The van der Waals surface area contributed by atoms with Crippen molar-refractivity contribution in [1.29, 1.82) is 0 Å². The highest BCUT2D eigenvalue weighted by Crippen LogP contribution is 2.50. The summed E-state index contributed by atoms with van der Waals surface area (Å²) in [4.78, 5) is 0. The molecule has 1 aliphatic carbocycles. The third kappa shape index (κ3) is 3.32. The van der Waals surface area contributed by atoms with Gasteiger partial charge in [-0.3, -0.25) is 0 Å². The van der Waals surface area contributed by atoms with Crippen LogP contribution in [0.5, 0.6) is 0 Å². The van der Waals surface area contributed by atoms with Gasteiger partial charge in [0.2, 0.25) is 0 Å². The molecule has 0 saturated carbocycles. The molecule has 0 nitrogen and oxygen atoms in total. The van der Waals surface area contributed by atoms with Gasteiger partial charge in [-0.15, -0.1) is 0 Å². The highest BCUT2D eigenvalue weighted by molar-refractivity contribution is 7.07. The minimum Gasteiger partial charge on any atom is -0.0654 e. The molecule has 1 radical (unpaired) electrons. The Labute approximate surface area is 173 Å². The second-order valence-electron chi connectivity index (χ2n) is 9.23. The lowest BCUT2D eigenvalue weighted by molar-refractivity contribution is 0.667. The van der Waals surface area contributed by atoms with E-state index in [2.05, 4.69) is 69.8 Å². The number of rotatable bonds is 9. The summed E-state index contributed by atoms with van der Waals surface area (Å²) < 4.78 is 0. The van der Waals surface area contributed by atoms with Crippen molar-refractivity contribution >= 4 is 18.5 Å². The number of fused-ring (bicyclic) bond motifs is 1. The quantitative estimate of drug-likeness (QED) is 0.309. The van der Waals surface area contributed by atoms with Crippen LogP contribution in [0.15, 0.2) is 42.0 Å². The monoisotopic (exact) mass is 387 g/mol. The zero-order valence-electron chi connectivity index (χ0n) is 18.2. The van der Waals surface area contributed by atoms with Crippen LogP contribution in [0.1, 0.15) is 75.5 Å². The third-order valence-corrected chi connectivity index (χ3v) is 10.4. The lowest BCUT2D eigenvalue weighted by atomic mass is 9.95. The van der Waals surface area contributed by atoms with Gasteiger partial charge in [-0.2, -0.15) is 0 Å². The molecular formula is C27H35Si. The molecule has 2 aromatic carbocycles. The molecule has 1 heteroatoms. The van der Waals surface area contributed by atoms with E-state index in [4.69, 9.17) is 0 Å². The van der Waals surface area contributed by atoms with E-state index in [1.165, 1.54) is 68.1 Å². The Morgan fingerprint density at radius 2 is 1.46 bits per heavy atom. The van der Waals surface area contributed by atoms with Gasteiger partial charge in [0.05, 0.1) is 0 Å². The summed E-state index contributed by atoms with van der Waals surface area (Å²) in [5.74, 6) is 0. The zero-order chi connectivity index (χ0) is 19.7. The van der Waals surface area contributed by atoms with Crippen molar-refractivity contribution in [3.8, 4) is 11.1 Å². The summed E-state index contributed by atoms with van der Waals surface area (Å²) in [7, 11) is -1.58. The van der Waals surface area contributed by atoms with Crippen molar-refractivity contribution in [1.82, 2.24) is 0 Å². The first kappa shape index (κ1) is 19.7. The molecule has 2 aromatic rings. The zero-order valence-corrected chi connectivity index (χ0v) is 19.2. The van der Waals surface area contributed by atoms with Crippen LogP contribution < -0.4 is 5.19 Å². The van der Waals surface area contributed by atoms with Crippen LogP contribution >= 0.6 is 0 Å². The van der Waals surface area contributed by atoms with Crippen molar-refractivity contribution in [3.63, 3.8) is 0 Å². The Bertz CT molecular complexity index is 883. The number of unbranched alkanes of at least 4 members (excludes halogenated alkanes) is 4. The first-order valence-electron chi connectivity index (χ1n) is 11.4. The first-order valence-corrected chi connectivity index (χ1v) is 14.4. The van der Waals surface area contributed by atoms with E-state index in [-0.39, 0.29) is 0 Å². The Kier molecular flexibility index (Phi) is 5.65. The van der Waals surface area contributed by atoms with Crippen LogP contribution in [0.4, 0.5) is 0 Å². The van der Waals surface area contributed by atoms with E-state index >= 15 is 0 Å². The molecule has 28 heavy (non-hydrogen) atoms. The number of aryl methyl sites for hydroxylation is 1. The minimum atomic E-state index is -1.58. The van der Waals surface area contributed by atoms with Gasteiger partial charge in [0, 0.05) is 6.42 Å². The van der Waals surface area contributed by atoms with Gasteiger partial charge in [0.25, 0.3) is 0 Å². The van der Waals surface area contributed by atoms with Crippen molar-refractivity contribution in [2.24, 2.45) is 0 Å². The van der Waals surface area contributed by atoms with Crippen LogP contribution in [0, 0.1) is 6.42 Å². The molecule has 147 valence electrons. The molecule has 0 atom stereocenters. The lowest BCUT2D eigenvalue weighted by Gasteiger charge is -2.22. The standard InChI is InChI=1S/C27H35Si/c1-5-7-9-10-11-20-13-15-21(16-14-20)25-24-18-17-22-19-23(12-8-6-2)27(26(22)25)28(24,3)4/h13-19H,5-12H2,1-4H3. The van der Waals surface area contributed by atoms with Crippen LogP contribution in [-0.4, -0.2) is 8.07 Å². The molecule has 1 heterocycles. The second-order valence-corrected chi connectivity index (χ2v) is 13.5. The molecule has 0 fully saturated rings. The van der Waals surface area contributed by atoms with E-state index in [9.17, 15) is 0 Å². The Hall–Kier alpha value is -1.60. The molecule has 0 spiro atoms. The summed E-state index contributed by atoms with van der Waals surface area (Å²) in [5.41, 5.74) is 9.20. The van der Waals surface area contributed by atoms with Gasteiger partial charge in [0.1, 0.15) is 8.07 Å². The maximum Gasteiger partial charge on any atom is 0.113 e. The predicted octanol–water partition coefficient (Wildman–Crippen LogP) is 7.45. The van der Waals surface area contributed by atoms with Crippen LogP contribution in [0.2, 0.25) is 13.1 Å². The van der Waals surface area contributed by atoms with Gasteiger partial charge < -0.3 is 0 Å². The second kappa shape index (κ2) is 8.03. The van der Waals surface area contributed by atoms with E-state index in [1.807, 2.05) is 0 Å². The largest absolute Gasteiger partial charge is 0.113 e. The minimum absolute atomic E-state index is 1.22. The Morgan fingerprint density at radius 1 is 0.714 bits per heavy atom. The SMILES string of the molecule is CCCCCCc1ccc(-c2c3ccc4c2C(=C(CCCC)[CH]4)[Si]3(C)C)cc1. The average molecular weight is 388 g/mol. The molecule has 2 bridgehead atoms. The fourth-order valence-corrected chi connectivity index (χ4v) is 8.81. The molecule has 1 aliphatic heterocycles. The van der Waals surface area contributed by atoms with Gasteiger partial charge in [0.15, 0.2) is 0 Å². The maximum atomic E-state index is 2.56. The number of benzene rings is 2. The average Bonchev–Trinajstić information content (AvgIpc) is 3.15. The molecule has 0 unspecified atom stereocenters. The number of hydrogen-bond acceptors (Lipinski definition) is 0. The summed E-state index contributed by atoms with van der Waals surface area (Å²) in [6.07, 6.45) is 12.9.